The van der Waals surface area contributed by atoms with Crippen LogP contribution in [0.15, 0.2) is 46.6 Å². The molecule has 11 heteroatoms. The molecule has 1 aromatic carbocycles. The van der Waals surface area contributed by atoms with Crippen molar-refractivity contribution in [3.8, 4) is 5.75 Å². The van der Waals surface area contributed by atoms with E-state index in [2.05, 4.69) is 20.5 Å². The molecule has 1 amide bonds. The summed E-state index contributed by atoms with van der Waals surface area (Å²) in [5, 5.41) is 10.8. The van der Waals surface area contributed by atoms with E-state index in [0.717, 1.165) is 0 Å². The minimum Gasteiger partial charge on any atom is -0.453 e. The summed E-state index contributed by atoms with van der Waals surface area (Å²) in [4.78, 5) is 27.3. The number of carbonyl (C=O) groups is 2. The van der Waals surface area contributed by atoms with Gasteiger partial charge in [0.2, 0.25) is 12.2 Å². The number of aromatic nitrogens is 1. The average molecular weight is 430 g/mol. The van der Waals surface area contributed by atoms with Crippen LogP contribution in [0.3, 0.4) is 0 Å². The fraction of sp³-hybridized carbons (Fsp3) is 0.350. The van der Waals surface area contributed by atoms with Crippen LogP contribution >= 0.6 is 0 Å². The Morgan fingerprint density at radius 3 is 2.45 bits per heavy atom. The molecular formula is C20H26N6O5. The van der Waals surface area contributed by atoms with Gasteiger partial charge in [0.15, 0.2) is 11.6 Å². The van der Waals surface area contributed by atoms with Gasteiger partial charge in [-0.2, -0.15) is 0 Å². The van der Waals surface area contributed by atoms with Gasteiger partial charge in [-0.1, -0.05) is 12.1 Å². The molecule has 31 heavy (non-hydrogen) atoms. The van der Waals surface area contributed by atoms with Crippen molar-refractivity contribution in [2.75, 3.05) is 17.6 Å². The zero-order valence-corrected chi connectivity index (χ0v) is 17.6. The van der Waals surface area contributed by atoms with Crippen LogP contribution in [0.25, 0.3) is 0 Å². The zero-order valence-electron chi connectivity index (χ0n) is 17.6. The van der Waals surface area contributed by atoms with Crippen molar-refractivity contribution in [2.45, 2.75) is 39.6 Å². The van der Waals surface area contributed by atoms with Crippen molar-refractivity contribution in [3.05, 3.63) is 36.4 Å². The molecule has 1 unspecified atom stereocenters. The normalized spacial score (nSPS) is 11.9. The standard InChI is InChI=1S/C20H26N6O5/c1-12(2)29-20(28)31-13(3)30-16-7-5-4-6-14(16)25-26-15-8-9-17(24-19(15)22)23-18(27)10-11-21/h4-9,12-13H,10-11,21H2,1-3H3,(H3,22,23,24,27)/b26-25+. The number of nitrogens with zero attached hydrogens (tertiary/aromatic N) is 3. The van der Waals surface area contributed by atoms with Gasteiger partial charge in [0, 0.05) is 19.9 Å². The first kappa shape index (κ1) is 23.5. The third-order valence-corrected chi connectivity index (χ3v) is 3.56. The molecule has 1 atom stereocenters. The molecule has 0 aliphatic rings. The minimum absolute atomic E-state index is 0.0841. The Hall–Kier alpha value is -3.73. The second-order valence-electron chi connectivity index (χ2n) is 6.58. The summed E-state index contributed by atoms with van der Waals surface area (Å²) < 4.78 is 15.6. The predicted octanol–water partition coefficient (Wildman–Crippen LogP) is 3.65. The van der Waals surface area contributed by atoms with Gasteiger partial charge in [-0.05, 0) is 38.1 Å². The Bertz CT molecular complexity index is 934. The van der Waals surface area contributed by atoms with E-state index in [-0.39, 0.29) is 36.6 Å². The van der Waals surface area contributed by atoms with Crippen LogP contribution in [-0.4, -0.2) is 36.0 Å². The van der Waals surface area contributed by atoms with Crippen LogP contribution in [0, 0.1) is 0 Å². The number of anilines is 2. The number of pyridine rings is 1. The molecular weight excluding hydrogens is 404 g/mol. The highest BCUT2D eigenvalue weighted by Gasteiger charge is 2.15. The summed E-state index contributed by atoms with van der Waals surface area (Å²) >= 11 is 0. The van der Waals surface area contributed by atoms with Gasteiger partial charge in [-0.15, -0.1) is 10.2 Å². The fourth-order valence-corrected chi connectivity index (χ4v) is 2.26. The molecule has 0 radical (unpaired) electrons. The van der Waals surface area contributed by atoms with Gasteiger partial charge >= 0.3 is 6.16 Å². The molecule has 0 aliphatic carbocycles. The third-order valence-electron chi connectivity index (χ3n) is 3.56. The highest BCUT2D eigenvalue weighted by Crippen LogP contribution is 2.31. The van der Waals surface area contributed by atoms with Crippen molar-refractivity contribution in [1.29, 1.82) is 0 Å². The van der Waals surface area contributed by atoms with E-state index < -0.39 is 12.4 Å². The maximum Gasteiger partial charge on any atom is 0.511 e. The number of nitrogens with one attached hydrogen (secondary N) is 1. The summed E-state index contributed by atoms with van der Waals surface area (Å²) in [6.45, 7) is 5.21. The lowest BCUT2D eigenvalue weighted by molar-refractivity contribution is -0.116. The first-order valence-corrected chi connectivity index (χ1v) is 9.59. The van der Waals surface area contributed by atoms with Gasteiger partial charge in [0.05, 0.1) is 6.10 Å². The molecule has 2 rings (SSSR count). The fourth-order valence-electron chi connectivity index (χ4n) is 2.26. The van der Waals surface area contributed by atoms with E-state index in [9.17, 15) is 9.59 Å². The number of nitrogen functional groups attached to an aromatic ring is 1. The molecule has 11 nitrogen and oxygen atoms in total. The number of amides is 1. The number of benzene rings is 1. The Kier molecular flexibility index (Phi) is 8.70. The van der Waals surface area contributed by atoms with E-state index in [1.807, 2.05) is 0 Å². The van der Waals surface area contributed by atoms with E-state index in [1.54, 1.807) is 57.2 Å². The van der Waals surface area contributed by atoms with Gasteiger partial charge in [0.1, 0.15) is 17.2 Å². The van der Waals surface area contributed by atoms with Gasteiger partial charge in [-0.3, -0.25) is 4.79 Å². The zero-order chi connectivity index (χ0) is 22.8. The largest absolute Gasteiger partial charge is 0.511 e. The van der Waals surface area contributed by atoms with Crippen LogP contribution in [0.1, 0.15) is 27.2 Å². The molecule has 5 N–H and O–H groups in total. The molecule has 2 aromatic rings. The highest BCUT2D eigenvalue weighted by atomic mass is 16.8. The summed E-state index contributed by atoms with van der Waals surface area (Å²) in [6, 6.07) is 9.93. The first-order valence-electron chi connectivity index (χ1n) is 9.59. The molecule has 166 valence electrons. The van der Waals surface area contributed by atoms with Crippen molar-refractivity contribution < 1.29 is 23.8 Å². The Balaban J connectivity index is 2.08. The molecule has 1 aromatic heterocycles. The molecule has 0 aliphatic heterocycles. The second kappa shape index (κ2) is 11.5. The van der Waals surface area contributed by atoms with Crippen molar-refractivity contribution in [1.82, 2.24) is 4.98 Å². The van der Waals surface area contributed by atoms with Crippen molar-refractivity contribution in [2.24, 2.45) is 16.0 Å². The maximum absolute atomic E-state index is 11.6. The number of para-hydroxylation sites is 1. The highest BCUT2D eigenvalue weighted by molar-refractivity contribution is 5.90. The number of ether oxygens (including phenoxy) is 3. The quantitative estimate of drug-likeness (QED) is 0.308. The lowest BCUT2D eigenvalue weighted by atomic mass is 10.3. The smallest absolute Gasteiger partial charge is 0.453 e. The van der Waals surface area contributed by atoms with Crippen LogP contribution in [0.4, 0.5) is 27.8 Å². The number of nitrogens with two attached hydrogens (primary N) is 2. The van der Waals surface area contributed by atoms with Crippen molar-refractivity contribution >= 4 is 35.1 Å². The summed E-state index contributed by atoms with van der Waals surface area (Å²) in [5.74, 6) is 0.454. The van der Waals surface area contributed by atoms with Gasteiger partial charge < -0.3 is 31.0 Å². The van der Waals surface area contributed by atoms with Crippen molar-refractivity contribution in [3.63, 3.8) is 0 Å². The van der Waals surface area contributed by atoms with Gasteiger partial charge in [-0.25, -0.2) is 9.78 Å². The number of carbonyl (C=O) groups excluding carboxylic acids is 2. The van der Waals surface area contributed by atoms with Crippen LogP contribution in [0.5, 0.6) is 5.75 Å². The summed E-state index contributed by atoms with van der Waals surface area (Å²) in [5.41, 5.74) is 11.9. The number of hydrogen-bond donors (Lipinski definition) is 3. The topological polar surface area (TPSA) is 164 Å². The Morgan fingerprint density at radius 1 is 1.06 bits per heavy atom. The predicted molar refractivity (Wildman–Crippen MR) is 114 cm³/mol. The van der Waals surface area contributed by atoms with E-state index >= 15 is 0 Å². The van der Waals surface area contributed by atoms with E-state index in [4.69, 9.17) is 25.7 Å². The van der Waals surface area contributed by atoms with E-state index in [0.29, 0.717) is 17.1 Å². The molecule has 0 spiro atoms. The minimum atomic E-state index is -0.911. The van der Waals surface area contributed by atoms with Crippen LogP contribution in [0.2, 0.25) is 0 Å². The third kappa shape index (κ3) is 7.90. The maximum atomic E-state index is 11.6. The Morgan fingerprint density at radius 2 is 1.77 bits per heavy atom. The number of hydrogen-bond acceptors (Lipinski definition) is 10. The lowest BCUT2D eigenvalue weighted by Gasteiger charge is -2.16. The molecule has 0 saturated heterocycles. The number of rotatable bonds is 9. The summed E-state index contributed by atoms with van der Waals surface area (Å²) in [6.07, 6.45) is -1.87. The van der Waals surface area contributed by atoms with Crippen LogP contribution in [-0.2, 0) is 14.3 Å². The number of azo groups is 1. The van der Waals surface area contributed by atoms with Crippen LogP contribution < -0.4 is 21.5 Å². The molecule has 0 fully saturated rings. The average Bonchev–Trinajstić information content (AvgIpc) is 2.67. The first-order chi connectivity index (χ1) is 14.8. The molecule has 1 heterocycles. The lowest BCUT2D eigenvalue weighted by Crippen LogP contribution is -2.23. The Labute approximate surface area is 179 Å². The van der Waals surface area contributed by atoms with E-state index in [1.165, 1.54) is 0 Å². The van der Waals surface area contributed by atoms with Gasteiger partial charge in [0.25, 0.3) is 0 Å². The second-order valence-corrected chi connectivity index (χ2v) is 6.58. The monoisotopic (exact) mass is 430 g/mol. The molecule has 0 saturated carbocycles. The molecule has 0 bridgehead atoms. The summed E-state index contributed by atoms with van der Waals surface area (Å²) in [7, 11) is 0. The SMILES string of the molecule is CC(C)OC(=O)OC(C)Oc1ccccc1/N=N/c1ccc(NC(=O)CCN)nc1N.